The van der Waals surface area contributed by atoms with Gasteiger partial charge >= 0.3 is 0 Å². The van der Waals surface area contributed by atoms with E-state index in [1.807, 2.05) is 36.9 Å². The van der Waals surface area contributed by atoms with Gasteiger partial charge in [0.2, 0.25) is 0 Å². The third-order valence-corrected chi connectivity index (χ3v) is 6.89. The van der Waals surface area contributed by atoms with Crippen LogP contribution in [0.2, 0.25) is 0 Å². The highest BCUT2D eigenvalue weighted by molar-refractivity contribution is 6.06. The molecule has 3 atom stereocenters. The van der Waals surface area contributed by atoms with Gasteiger partial charge in [-0.2, -0.15) is 0 Å². The van der Waals surface area contributed by atoms with Crippen molar-refractivity contribution in [3.05, 3.63) is 23.8 Å². The molecule has 0 bridgehead atoms. The predicted octanol–water partition coefficient (Wildman–Crippen LogP) is 4.26. The van der Waals surface area contributed by atoms with Crippen LogP contribution in [-0.2, 0) is 19.7 Å². The van der Waals surface area contributed by atoms with Crippen molar-refractivity contribution in [2.24, 2.45) is 11.8 Å². The molecule has 5 nitrogen and oxygen atoms in total. The van der Waals surface area contributed by atoms with Gasteiger partial charge in [0.15, 0.2) is 5.60 Å². The maximum Gasteiger partial charge on any atom is 0.260 e. The van der Waals surface area contributed by atoms with Crippen LogP contribution in [-0.4, -0.2) is 36.5 Å². The summed E-state index contributed by atoms with van der Waals surface area (Å²) in [5.41, 5.74) is 0.213. The molecule has 4 rings (SSSR count). The van der Waals surface area contributed by atoms with Crippen LogP contribution in [0.1, 0.15) is 65.9 Å². The lowest BCUT2D eigenvalue weighted by atomic mass is 9.55. The van der Waals surface area contributed by atoms with Gasteiger partial charge in [0, 0.05) is 18.7 Å². The summed E-state index contributed by atoms with van der Waals surface area (Å²) in [4.78, 5) is 28.8. The molecule has 2 aliphatic heterocycles. The molecular formula is C24H33NO4. The molecule has 3 aliphatic rings. The third-order valence-electron chi connectivity index (χ3n) is 6.89. The van der Waals surface area contributed by atoms with Gasteiger partial charge in [-0.3, -0.25) is 9.59 Å². The summed E-state index contributed by atoms with van der Waals surface area (Å²) in [5.74, 6) is 0.755. The Bertz CT molecular complexity index is 853. The van der Waals surface area contributed by atoms with Crippen molar-refractivity contribution in [2.45, 2.75) is 76.9 Å². The van der Waals surface area contributed by atoms with Crippen LogP contribution in [0.4, 0.5) is 5.69 Å². The highest BCUT2D eigenvalue weighted by Crippen LogP contribution is 2.57. The molecule has 0 aromatic heterocycles. The summed E-state index contributed by atoms with van der Waals surface area (Å²) in [6.45, 7) is 10.9. The van der Waals surface area contributed by atoms with Gasteiger partial charge in [0.05, 0.1) is 18.6 Å². The van der Waals surface area contributed by atoms with Crippen molar-refractivity contribution in [2.75, 3.05) is 18.6 Å². The minimum Gasteiger partial charge on any atom is -0.497 e. The molecule has 1 saturated carbocycles. The second-order valence-electron chi connectivity index (χ2n) is 10.5. The molecule has 0 unspecified atom stereocenters. The zero-order valence-corrected chi connectivity index (χ0v) is 18.5. The lowest BCUT2D eigenvalue weighted by molar-refractivity contribution is -0.251. The quantitative estimate of drug-likeness (QED) is 0.746. The molecule has 3 fully saturated rings. The Hall–Kier alpha value is -1.88. The Balaban J connectivity index is 1.81. The van der Waals surface area contributed by atoms with Crippen molar-refractivity contribution in [1.82, 2.24) is 0 Å². The number of benzene rings is 1. The molecule has 2 saturated heterocycles. The minimum absolute atomic E-state index is 0.0342. The average molecular weight is 400 g/mol. The van der Waals surface area contributed by atoms with Gasteiger partial charge in [-0.05, 0) is 68.2 Å². The monoisotopic (exact) mass is 399 g/mol. The first-order valence-electron chi connectivity index (χ1n) is 10.7. The fourth-order valence-corrected chi connectivity index (χ4v) is 5.54. The fourth-order valence-electron chi connectivity index (χ4n) is 5.54. The molecule has 1 aromatic carbocycles. The number of amides is 1. The number of rotatable bonds is 2. The molecule has 5 heteroatoms. The first-order valence-corrected chi connectivity index (χ1v) is 10.7. The van der Waals surface area contributed by atoms with E-state index < -0.39 is 11.2 Å². The molecule has 0 radical (unpaired) electrons. The standard InChI is InChI=1S/C24H33NO4/c1-22(2,3)17-13-16(28-6)9-10-19(17)25-11-7-8-15-12-18-20(26)14-23(4,5)29-24(15,18)21(25)27/h9-10,13,15,18H,7-8,11-12,14H2,1-6H3/t15-,18-,24-/m0/s1. The molecule has 1 aromatic rings. The fraction of sp³-hybridized carbons (Fsp3) is 0.667. The SMILES string of the molecule is COc1ccc(N2CCC[C@H]3C[C@H]4C(=O)CC(C)(C)O[C@@]34C2=O)c(C(C)(C)C)c1. The number of carbonyl (C=O) groups excluding carboxylic acids is 2. The van der Waals surface area contributed by atoms with Crippen LogP contribution in [0, 0.1) is 11.8 Å². The van der Waals surface area contributed by atoms with Crippen molar-refractivity contribution in [3.8, 4) is 5.75 Å². The van der Waals surface area contributed by atoms with E-state index in [-0.39, 0.29) is 28.9 Å². The van der Waals surface area contributed by atoms with Crippen molar-refractivity contribution >= 4 is 17.4 Å². The maximum atomic E-state index is 14.0. The van der Waals surface area contributed by atoms with Gasteiger partial charge in [-0.25, -0.2) is 0 Å². The molecular weight excluding hydrogens is 366 g/mol. The number of hydrogen-bond acceptors (Lipinski definition) is 4. The number of nitrogens with zero attached hydrogens (tertiary/aromatic N) is 1. The molecule has 1 amide bonds. The number of methoxy groups -OCH3 is 1. The van der Waals surface area contributed by atoms with E-state index in [0.717, 1.165) is 36.3 Å². The van der Waals surface area contributed by atoms with E-state index in [1.165, 1.54) is 0 Å². The van der Waals surface area contributed by atoms with Gasteiger partial charge in [0.25, 0.3) is 5.91 Å². The highest BCUT2D eigenvalue weighted by atomic mass is 16.5. The second-order valence-corrected chi connectivity index (χ2v) is 10.5. The van der Waals surface area contributed by atoms with Gasteiger partial charge < -0.3 is 14.4 Å². The van der Waals surface area contributed by atoms with E-state index in [1.54, 1.807) is 7.11 Å². The van der Waals surface area contributed by atoms with Crippen LogP contribution in [0.25, 0.3) is 0 Å². The smallest absolute Gasteiger partial charge is 0.260 e. The Morgan fingerprint density at radius 3 is 2.59 bits per heavy atom. The van der Waals surface area contributed by atoms with Crippen LogP contribution in [0.5, 0.6) is 5.75 Å². The Kier molecular flexibility index (Phi) is 4.61. The molecule has 0 N–H and O–H groups in total. The zero-order valence-electron chi connectivity index (χ0n) is 18.5. The average Bonchev–Trinajstić information content (AvgIpc) is 2.69. The molecule has 1 spiro atoms. The van der Waals surface area contributed by atoms with Gasteiger partial charge in [-0.15, -0.1) is 0 Å². The lowest BCUT2D eigenvalue weighted by Crippen LogP contribution is -2.72. The summed E-state index contributed by atoms with van der Waals surface area (Å²) in [6.07, 6.45) is 3.00. The van der Waals surface area contributed by atoms with E-state index in [9.17, 15) is 9.59 Å². The minimum atomic E-state index is -0.996. The highest BCUT2D eigenvalue weighted by Gasteiger charge is 2.69. The van der Waals surface area contributed by atoms with E-state index in [4.69, 9.17) is 9.47 Å². The van der Waals surface area contributed by atoms with Crippen LogP contribution >= 0.6 is 0 Å². The van der Waals surface area contributed by atoms with E-state index >= 15 is 0 Å². The summed E-state index contributed by atoms with van der Waals surface area (Å²) >= 11 is 0. The first kappa shape index (κ1) is 20.4. The molecule has 2 heterocycles. The van der Waals surface area contributed by atoms with Crippen molar-refractivity contribution in [3.63, 3.8) is 0 Å². The maximum absolute atomic E-state index is 14.0. The topological polar surface area (TPSA) is 55.8 Å². The predicted molar refractivity (Wildman–Crippen MR) is 112 cm³/mol. The van der Waals surface area contributed by atoms with Crippen molar-refractivity contribution in [1.29, 1.82) is 0 Å². The number of Topliss-reactive ketones (excluding diaryl/α,β-unsaturated/α-hetero) is 1. The lowest BCUT2D eigenvalue weighted by Gasteiger charge is -2.59. The van der Waals surface area contributed by atoms with Gasteiger partial charge in [0.1, 0.15) is 11.5 Å². The van der Waals surface area contributed by atoms with E-state index in [2.05, 4.69) is 20.8 Å². The molecule has 158 valence electrons. The molecule has 1 aliphatic carbocycles. The normalized spacial score (nSPS) is 31.4. The zero-order chi connectivity index (χ0) is 21.2. The second kappa shape index (κ2) is 6.56. The Labute approximate surface area is 173 Å². The molecule has 29 heavy (non-hydrogen) atoms. The number of ether oxygens (including phenoxy) is 2. The number of ketones is 1. The van der Waals surface area contributed by atoms with Crippen molar-refractivity contribution < 1.29 is 19.1 Å². The van der Waals surface area contributed by atoms with Crippen LogP contribution in [0.15, 0.2) is 18.2 Å². The van der Waals surface area contributed by atoms with E-state index in [0.29, 0.717) is 13.0 Å². The number of hydrogen-bond donors (Lipinski definition) is 0. The summed E-state index contributed by atoms with van der Waals surface area (Å²) < 4.78 is 12.0. The summed E-state index contributed by atoms with van der Waals surface area (Å²) in [6, 6.07) is 5.92. The Morgan fingerprint density at radius 1 is 1.21 bits per heavy atom. The summed E-state index contributed by atoms with van der Waals surface area (Å²) in [5, 5.41) is 0. The first-order chi connectivity index (χ1) is 13.5. The largest absolute Gasteiger partial charge is 0.497 e. The van der Waals surface area contributed by atoms with Crippen LogP contribution < -0.4 is 9.64 Å². The van der Waals surface area contributed by atoms with Gasteiger partial charge in [-0.1, -0.05) is 20.8 Å². The Morgan fingerprint density at radius 2 is 1.93 bits per heavy atom. The third kappa shape index (κ3) is 3.09. The number of anilines is 1. The van der Waals surface area contributed by atoms with Crippen LogP contribution in [0.3, 0.4) is 0 Å². The number of carbonyl (C=O) groups is 2. The summed E-state index contributed by atoms with van der Waals surface area (Å²) in [7, 11) is 1.66.